The van der Waals surface area contributed by atoms with Crippen LogP contribution in [0, 0.1) is 0 Å². The Kier molecular flexibility index (Phi) is 4.66. The van der Waals surface area contributed by atoms with Crippen molar-refractivity contribution in [2.75, 3.05) is 6.16 Å². The Hall–Kier alpha value is -1.74. The molecule has 2 aromatic rings. The van der Waals surface area contributed by atoms with E-state index in [0.29, 0.717) is 0 Å². The summed E-state index contributed by atoms with van der Waals surface area (Å²) in [5.74, 6) is -0.465. The van der Waals surface area contributed by atoms with Gasteiger partial charge in [-0.15, -0.1) is 0 Å². The first kappa shape index (κ1) is 16.6. The molecule has 0 amide bonds. The van der Waals surface area contributed by atoms with E-state index in [4.69, 9.17) is 9.79 Å². The van der Waals surface area contributed by atoms with Gasteiger partial charge in [-0.3, -0.25) is 9.36 Å². The Bertz CT molecular complexity index is 699. The van der Waals surface area contributed by atoms with Crippen molar-refractivity contribution in [1.82, 2.24) is 0 Å². The van der Waals surface area contributed by atoms with Gasteiger partial charge in [-0.1, -0.05) is 54.6 Å². The fraction of sp³-hybridized carbons (Fsp3) is 0.235. The monoisotopic (exact) mass is 318 g/mol. The van der Waals surface area contributed by atoms with E-state index < -0.39 is 25.0 Å². The molecule has 2 N–H and O–H groups in total. The molecule has 0 fully saturated rings. The summed E-state index contributed by atoms with van der Waals surface area (Å²) in [6.07, 6.45) is -0.736. The predicted molar refractivity (Wildman–Crippen MR) is 86.8 cm³/mol. The van der Waals surface area contributed by atoms with E-state index in [-0.39, 0.29) is 0 Å². The Morgan fingerprint density at radius 1 is 0.955 bits per heavy atom. The molecule has 22 heavy (non-hydrogen) atoms. The van der Waals surface area contributed by atoms with Crippen LogP contribution in [0.4, 0.5) is 0 Å². The van der Waals surface area contributed by atoms with Crippen molar-refractivity contribution >= 4 is 13.4 Å². The van der Waals surface area contributed by atoms with Crippen molar-refractivity contribution in [3.63, 3.8) is 0 Å². The molecule has 0 aliphatic carbocycles. The number of ketones is 1. The second-order valence-corrected chi connectivity index (χ2v) is 7.46. The molecule has 0 saturated heterocycles. The smallest absolute Gasteiger partial charge is 0.324 e. The number of Topliss-reactive ketones (excluding diaryl/α,β-unsaturated/α-hetero) is 1. The molecule has 2 rings (SSSR count). The number of carbonyl (C=O) groups excluding carboxylic acids is 1. The summed E-state index contributed by atoms with van der Waals surface area (Å²) in [5, 5.41) is 0. The number of hydrogen-bond acceptors (Lipinski definition) is 2. The molecule has 2 aromatic carbocycles. The van der Waals surface area contributed by atoms with Crippen molar-refractivity contribution in [1.29, 1.82) is 0 Å². The van der Waals surface area contributed by atoms with Crippen LogP contribution < -0.4 is 0 Å². The minimum absolute atomic E-state index is 0.465. The minimum atomic E-state index is -4.35. The normalized spacial score (nSPS) is 12.2. The highest BCUT2D eigenvalue weighted by Gasteiger charge is 2.33. The number of carbonyl (C=O) groups is 1. The molecule has 5 heteroatoms. The molecule has 0 spiro atoms. The first-order chi connectivity index (χ1) is 10.2. The fourth-order valence-electron chi connectivity index (χ4n) is 2.26. The van der Waals surface area contributed by atoms with Crippen molar-refractivity contribution in [2.24, 2.45) is 0 Å². The van der Waals surface area contributed by atoms with Gasteiger partial charge in [-0.2, -0.15) is 0 Å². The van der Waals surface area contributed by atoms with Crippen LogP contribution in [0.3, 0.4) is 0 Å². The zero-order chi connectivity index (χ0) is 16.4. The van der Waals surface area contributed by atoms with Crippen LogP contribution in [0.5, 0.6) is 0 Å². The van der Waals surface area contributed by atoms with Crippen LogP contribution in [0.15, 0.2) is 54.6 Å². The second kappa shape index (κ2) is 6.17. The molecule has 0 heterocycles. The summed E-state index contributed by atoms with van der Waals surface area (Å²) in [7, 11) is -4.35. The highest BCUT2D eigenvalue weighted by Crippen LogP contribution is 2.38. The summed E-state index contributed by atoms with van der Waals surface area (Å²) in [6.45, 7) is 3.37. The van der Waals surface area contributed by atoms with Crippen LogP contribution in [0.2, 0.25) is 0 Å². The van der Waals surface area contributed by atoms with Crippen LogP contribution in [0.1, 0.15) is 19.4 Å². The maximum atomic E-state index is 12.1. The van der Waals surface area contributed by atoms with E-state index >= 15 is 0 Å². The van der Waals surface area contributed by atoms with Crippen LogP contribution in [0.25, 0.3) is 11.1 Å². The second-order valence-electron chi connectivity index (χ2n) is 5.81. The van der Waals surface area contributed by atoms with Gasteiger partial charge in [0.2, 0.25) is 0 Å². The van der Waals surface area contributed by atoms with Gasteiger partial charge in [0.1, 0.15) is 6.16 Å². The largest absolute Gasteiger partial charge is 0.332 e. The minimum Gasteiger partial charge on any atom is -0.324 e. The maximum Gasteiger partial charge on any atom is 0.332 e. The molecular formula is C17H19O4P. The topological polar surface area (TPSA) is 74.6 Å². The Morgan fingerprint density at radius 3 is 1.95 bits per heavy atom. The van der Waals surface area contributed by atoms with Crippen LogP contribution in [-0.4, -0.2) is 21.7 Å². The van der Waals surface area contributed by atoms with E-state index in [0.717, 1.165) is 16.7 Å². The maximum absolute atomic E-state index is 12.1. The summed E-state index contributed by atoms with van der Waals surface area (Å²) >= 11 is 0. The fourth-order valence-corrected chi connectivity index (χ4v) is 3.03. The van der Waals surface area contributed by atoms with Crippen molar-refractivity contribution in [2.45, 2.75) is 19.3 Å². The average Bonchev–Trinajstić information content (AvgIpc) is 2.46. The Labute approximate surface area is 130 Å². The van der Waals surface area contributed by atoms with E-state index in [9.17, 15) is 9.36 Å². The van der Waals surface area contributed by atoms with Crippen LogP contribution >= 0.6 is 7.60 Å². The van der Waals surface area contributed by atoms with Gasteiger partial charge in [0.05, 0.1) is 0 Å². The molecule has 0 atom stereocenters. The zero-order valence-corrected chi connectivity index (χ0v) is 13.5. The summed E-state index contributed by atoms with van der Waals surface area (Å²) in [5.41, 5.74) is 1.91. The lowest BCUT2D eigenvalue weighted by Crippen LogP contribution is -2.31. The van der Waals surface area contributed by atoms with Gasteiger partial charge in [0, 0.05) is 5.41 Å². The summed E-state index contributed by atoms with van der Waals surface area (Å²) in [6, 6.07) is 17.3. The quantitative estimate of drug-likeness (QED) is 0.829. The van der Waals surface area contributed by atoms with Crippen LogP contribution in [-0.2, 0) is 14.8 Å². The molecular weight excluding hydrogens is 299 g/mol. The van der Waals surface area contributed by atoms with E-state index in [2.05, 4.69) is 0 Å². The molecule has 0 unspecified atom stereocenters. The Balaban J connectivity index is 2.26. The molecule has 116 valence electrons. The van der Waals surface area contributed by atoms with E-state index in [1.165, 1.54) is 0 Å². The van der Waals surface area contributed by atoms with Crippen molar-refractivity contribution in [3.05, 3.63) is 60.2 Å². The SMILES string of the molecule is CC(C)(C(=O)CP(=O)(O)O)c1ccc(-c2ccccc2)cc1. The van der Waals surface area contributed by atoms with Crippen molar-refractivity contribution in [3.8, 4) is 11.1 Å². The summed E-state index contributed by atoms with van der Waals surface area (Å²) in [4.78, 5) is 30.1. The number of hydrogen-bond donors (Lipinski definition) is 2. The molecule has 0 radical (unpaired) electrons. The molecule has 0 aliphatic rings. The highest BCUT2D eigenvalue weighted by molar-refractivity contribution is 7.52. The Morgan fingerprint density at radius 2 is 1.45 bits per heavy atom. The molecule has 0 saturated carbocycles. The van der Waals surface area contributed by atoms with Gasteiger partial charge >= 0.3 is 7.60 Å². The lowest BCUT2D eigenvalue weighted by atomic mass is 9.80. The van der Waals surface area contributed by atoms with Gasteiger partial charge in [-0.05, 0) is 30.5 Å². The third-order valence-electron chi connectivity index (χ3n) is 3.76. The van der Waals surface area contributed by atoms with E-state index in [1.54, 1.807) is 13.8 Å². The van der Waals surface area contributed by atoms with Crippen molar-refractivity contribution < 1.29 is 19.1 Å². The third kappa shape index (κ3) is 3.92. The summed E-state index contributed by atoms with van der Waals surface area (Å²) < 4.78 is 11.0. The molecule has 0 aliphatic heterocycles. The predicted octanol–water partition coefficient (Wildman–Crippen LogP) is 3.38. The number of rotatable bonds is 5. The molecule has 0 bridgehead atoms. The lowest BCUT2D eigenvalue weighted by Gasteiger charge is -2.24. The third-order valence-corrected chi connectivity index (χ3v) is 4.46. The van der Waals surface area contributed by atoms with Gasteiger partial charge in [0.15, 0.2) is 5.78 Å². The van der Waals surface area contributed by atoms with Gasteiger partial charge in [0.25, 0.3) is 0 Å². The first-order valence-corrected chi connectivity index (χ1v) is 8.74. The molecule has 4 nitrogen and oxygen atoms in total. The first-order valence-electron chi connectivity index (χ1n) is 6.94. The van der Waals surface area contributed by atoms with Gasteiger partial charge < -0.3 is 9.79 Å². The zero-order valence-electron chi connectivity index (χ0n) is 12.6. The molecule has 0 aromatic heterocycles. The van der Waals surface area contributed by atoms with Gasteiger partial charge in [-0.25, -0.2) is 0 Å². The highest BCUT2D eigenvalue weighted by atomic mass is 31.2. The standard InChI is InChI=1S/C17H19O4P/c1-17(2,16(18)12-22(19,20)21)15-10-8-14(9-11-15)13-6-4-3-5-7-13/h3-11H,12H2,1-2H3,(H2,19,20,21). The number of benzene rings is 2. The average molecular weight is 318 g/mol. The lowest BCUT2D eigenvalue weighted by molar-refractivity contribution is -0.121. The van der Waals surface area contributed by atoms with E-state index in [1.807, 2.05) is 54.6 Å².